The summed E-state index contributed by atoms with van der Waals surface area (Å²) < 4.78 is 4.54. The summed E-state index contributed by atoms with van der Waals surface area (Å²) >= 11 is 0. The van der Waals surface area contributed by atoms with Crippen LogP contribution >= 0.6 is 0 Å². The van der Waals surface area contributed by atoms with Gasteiger partial charge in [-0.3, -0.25) is 0 Å². The smallest absolute Gasteiger partial charge is 0.190 e. The van der Waals surface area contributed by atoms with E-state index in [0.717, 1.165) is 0 Å². The lowest BCUT2D eigenvalue weighted by Gasteiger charge is -2.36. The number of hydrogen-bond donors (Lipinski definition) is 5. The highest BCUT2D eigenvalue weighted by Gasteiger charge is 2.43. The van der Waals surface area contributed by atoms with E-state index in [1.807, 2.05) is 0 Å². The second kappa shape index (κ2) is 3.65. The van der Waals surface area contributed by atoms with Crippen LogP contribution in [0, 0.1) is 6.10 Å². The number of rotatable bonds is 1. The van der Waals surface area contributed by atoms with E-state index in [-0.39, 0.29) is 0 Å². The third-order valence-electron chi connectivity index (χ3n) is 1.74. The topological polar surface area (TPSA) is 110 Å². The Morgan fingerprint density at radius 1 is 1.25 bits per heavy atom. The average Bonchev–Trinajstić information content (AvgIpc) is 2.08. The summed E-state index contributed by atoms with van der Waals surface area (Å²) in [4.78, 5) is 0. The van der Waals surface area contributed by atoms with Crippen molar-refractivity contribution < 1.29 is 30.3 Å². The first-order chi connectivity index (χ1) is 5.57. The molecule has 1 aliphatic heterocycles. The van der Waals surface area contributed by atoms with E-state index in [1.54, 1.807) is 0 Å². The summed E-state index contributed by atoms with van der Waals surface area (Å²) in [5.74, 6) is 0. The van der Waals surface area contributed by atoms with Gasteiger partial charge in [-0.15, -0.1) is 0 Å². The maximum absolute atomic E-state index is 9.10. The first-order valence-corrected chi connectivity index (χ1v) is 3.44. The molecule has 1 rings (SSSR count). The van der Waals surface area contributed by atoms with Crippen LogP contribution in [0.1, 0.15) is 0 Å². The van der Waals surface area contributed by atoms with Gasteiger partial charge in [0.05, 0.1) is 6.61 Å². The molecule has 0 aliphatic carbocycles. The quantitative estimate of drug-likeness (QED) is 0.300. The summed E-state index contributed by atoms with van der Waals surface area (Å²) in [6, 6.07) is 0. The molecule has 6 nitrogen and oxygen atoms in total. The van der Waals surface area contributed by atoms with Gasteiger partial charge in [0.2, 0.25) is 0 Å². The third kappa shape index (κ3) is 1.58. The van der Waals surface area contributed by atoms with Crippen LogP contribution in [0.2, 0.25) is 0 Å². The highest BCUT2D eigenvalue weighted by Crippen LogP contribution is 2.23. The van der Waals surface area contributed by atoms with E-state index >= 15 is 0 Å². The zero-order valence-electron chi connectivity index (χ0n) is 6.16. The van der Waals surface area contributed by atoms with Crippen LogP contribution in [-0.4, -0.2) is 56.7 Å². The second-order valence-corrected chi connectivity index (χ2v) is 2.57. The zero-order chi connectivity index (χ0) is 9.30. The molecule has 0 aromatic carbocycles. The molecule has 71 valence electrons. The fraction of sp³-hybridized carbons (Fsp3) is 0.833. The van der Waals surface area contributed by atoms with Crippen LogP contribution in [-0.2, 0) is 4.74 Å². The molecule has 1 saturated heterocycles. The van der Waals surface area contributed by atoms with E-state index < -0.39 is 37.3 Å². The van der Waals surface area contributed by atoms with E-state index in [4.69, 9.17) is 25.5 Å². The van der Waals surface area contributed by atoms with Crippen molar-refractivity contribution in [3.05, 3.63) is 6.10 Å². The van der Waals surface area contributed by atoms with E-state index in [1.165, 1.54) is 0 Å². The minimum atomic E-state index is -1.65. The second-order valence-electron chi connectivity index (χ2n) is 2.57. The lowest BCUT2D eigenvalue weighted by Crippen LogP contribution is -2.54. The average molecular weight is 179 g/mol. The largest absolute Gasteiger partial charge is 0.394 e. The molecule has 0 aromatic rings. The Balaban J connectivity index is 2.63. The Morgan fingerprint density at radius 3 is 2.33 bits per heavy atom. The molecule has 0 amide bonds. The van der Waals surface area contributed by atoms with Gasteiger partial charge in [0.1, 0.15) is 18.3 Å². The SMILES string of the molecule is OC[C@H]1O[C@@H](O)[C](O)[C@@H](O)[C@@H]1O. The van der Waals surface area contributed by atoms with Crippen molar-refractivity contribution in [2.45, 2.75) is 24.6 Å². The number of hydrogen-bond acceptors (Lipinski definition) is 6. The van der Waals surface area contributed by atoms with Crippen LogP contribution in [0.25, 0.3) is 0 Å². The summed E-state index contributed by atoms with van der Waals surface area (Å²) in [7, 11) is 0. The summed E-state index contributed by atoms with van der Waals surface area (Å²) in [6.07, 6.45) is -6.47. The minimum Gasteiger partial charge on any atom is -0.394 e. The zero-order valence-corrected chi connectivity index (χ0v) is 6.16. The minimum absolute atomic E-state index is 0.539. The van der Waals surface area contributed by atoms with Crippen LogP contribution in [0.3, 0.4) is 0 Å². The fourth-order valence-electron chi connectivity index (χ4n) is 0.991. The highest BCUT2D eigenvalue weighted by molar-refractivity contribution is 4.99. The Hall–Kier alpha value is -0.240. The van der Waals surface area contributed by atoms with Crippen LogP contribution in [0.15, 0.2) is 0 Å². The summed E-state index contributed by atoms with van der Waals surface area (Å²) in [5.41, 5.74) is 0. The normalized spacial score (nSPS) is 44.8. The van der Waals surface area contributed by atoms with Gasteiger partial charge >= 0.3 is 0 Å². The summed E-state index contributed by atoms with van der Waals surface area (Å²) in [5, 5.41) is 44.5. The number of aliphatic hydroxyl groups excluding tert-OH is 5. The van der Waals surface area contributed by atoms with Crippen molar-refractivity contribution in [3.63, 3.8) is 0 Å². The Morgan fingerprint density at radius 2 is 1.83 bits per heavy atom. The Labute approximate surface area is 68.6 Å². The van der Waals surface area contributed by atoms with Gasteiger partial charge in [0.15, 0.2) is 12.4 Å². The molecule has 1 radical (unpaired) electrons. The lowest BCUT2D eigenvalue weighted by atomic mass is 10.00. The molecule has 1 aliphatic rings. The van der Waals surface area contributed by atoms with Crippen molar-refractivity contribution in [2.24, 2.45) is 0 Å². The fourth-order valence-corrected chi connectivity index (χ4v) is 0.991. The molecule has 0 saturated carbocycles. The maximum Gasteiger partial charge on any atom is 0.190 e. The first kappa shape index (κ1) is 9.85. The van der Waals surface area contributed by atoms with E-state index in [0.29, 0.717) is 0 Å². The van der Waals surface area contributed by atoms with E-state index in [9.17, 15) is 0 Å². The number of ether oxygens (including phenoxy) is 1. The van der Waals surface area contributed by atoms with Gasteiger partial charge < -0.3 is 30.3 Å². The van der Waals surface area contributed by atoms with Gasteiger partial charge in [-0.05, 0) is 0 Å². The highest BCUT2D eigenvalue weighted by atomic mass is 16.6. The molecule has 0 bridgehead atoms. The molecule has 6 heteroatoms. The summed E-state index contributed by atoms with van der Waals surface area (Å²) in [6.45, 7) is -0.539. The molecule has 12 heavy (non-hydrogen) atoms. The Kier molecular flexibility index (Phi) is 2.99. The standard InChI is InChI=1S/C6H11O6/c7-1-2-3(8)4(9)5(10)6(11)12-2/h2-4,6-11H,1H2/t2-,3-,4+,6-/m1/s1. The third-order valence-corrected chi connectivity index (χ3v) is 1.74. The van der Waals surface area contributed by atoms with Gasteiger partial charge in [-0.1, -0.05) is 0 Å². The monoisotopic (exact) mass is 179 g/mol. The maximum atomic E-state index is 9.10. The molecule has 1 heterocycles. The molecule has 4 atom stereocenters. The molecule has 5 N–H and O–H groups in total. The van der Waals surface area contributed by atoms with Gasteiger partial charge in [-0.2, -0.15) is 0 Å². The molecule has 0 unspecified atom stereocenters. The van der Waals surface area contributed by atoms with Gasteiger partial charge in [-0.25, -0.2) is 0 Å². The van der Waals surface area contributed by atoms with Crippen LogP contribution in [0.5, 0.6) is 0 Å². The first-order valence-electron chi connectivity index (χ1n) is 3.44. The predicted octanol–water partition coefficient (Wildman–Crippen LogP) is -2.68. The van der Waals surface area contributed by atoms with Crippen molar-refractivity contribution in [1.82, 2.24) is 0 Å². The van der Waals surface area contributed by atoms with E-state index in [2.05, 4.69) is 4.74 Å². The number of aliphatic hydroxyl groups is 5. The lowest BCUT2D eigenvalue weighted by molar-refractivity contribution is -0.250. The van der Waals surface area contributed by atoms with Crippen molar-refractivity contribution in [3.8, 4) is 0 Å². The molecule has 0 spiro atoms. The van der Waals surface area contributed by atoms with Crippen molar-refractivity contribution >= 4 is 0 Å². The van der Waals surface area contributed by atoms with Crippen LogP contribution in [0.4, 0.5) is 0 Å². The van der Waals surface area contributed by atoms with Crippen molar-refractivity contribution in [1.29, 1.82) is 0 Å². The molecule has 0 aromatic heterocycles. The van der Waals surface area contributed by atoms with Crippen LogP contribution < -0.4 is 0 Å². The van der Waals surface area contributed by atoms with Gasteiger partial charge in [0.25, 0.3) is 0 Å². The van der Waals surface area contributed by atoms with Gasteiger partial charge in [0, 0.05) is 0 Å². The predicted molar refractivity (Wildman–Crippen MR) is 35.2 cm³/mol. The Bertz CT molecular complexity index is 146. The molecular formula is C6H11O6. The molecule has 1 fully saturated rings. The van der Waals surface area contributed by atoms with Crippen molar-refractivity contribution in [2.75, 3.05) is 6.61 Å². The molecular weight excluding hydrogens is 168 g/mol.